The first-order valence-corrected chi connectivity index (χ1v) is 10.0. The molecule has 146 valence electrons. The zero-order valence-corrected chi connectivity index (χ0v) is 18.1. The maximum absolute atomic E-state index is 13.6. The van der Waals surface area contributed by atoms with Crippen molar-refractivity contribution < 1.29 is 13.9 Å². The molecule has 3 nitrogen and oxygen atoms in total. The van der Waals surface area contributed by atoms with Crippen LogP contribution in [0, 0.1) is 12.7 Å². The molecule has 0 amide bonds. The fourth-order valence-corrected chi connectivity index (χ4v) is 3.35. The van der Waals surface area contributed by atoms with Crippen molar-refractivity contribution in [2.24, 2.45) is 0 Å². The van der Waals surface area contributed by atoms with E-state index in [1.54, 1.807) is 30.3 Å². The van der Waals surface area contributed by atoms with Gasteiger partial charge in [-0.25, -0.2) is 9.37 Å². The molecule has 0 atom stereocenters. The van der Waals surface area contributed by atoms with E-state index in [4.69, 9.17) is 32.7 Å². The Labute approximate surface area is 181 Å². The first kappa shape index (κ1) is 21.1. The van der Waals surface area contributed by atoms with Crippen LogP contribution in [0.4, 0.5) is 4.39 Å². The summed E-state index contributed by atoms with van der Waals surface area (Å²) in [4.78, 5) is 4.11. The van der Waals surface area contributed by atoms with Crippen LogP contribution < -0.4 is 4.74 Å². The van der Waals surface area contributed by atoms with E-state index >= 15 is 0 Å². The molecule has 0 saturated carbocycles. The molecule has 3 aromatic rings. The summed E-state index contributed by atoms with van der Waals surface area (Å²) in [5.74, 6) is 0.159. The van der Waals surface area contributed by atoms with Gasteiger partial charge in [-0.1, -0.05) is 35.3 Å². The molecule has 0 aliphatic carbocycles. The minimum Gasteiger partial charge on any atom is -0.473 e. The number of aromatic nitrogens is 1. The lowest BCUT2D eigenvalue weighted by Crippen LogP contribution is -2.04. The van der Waals surface area contributed by atoms with E-state index < -0.39 is 0 Å². The van der Waals surface area contributed by atoms with Gasteiger partial charge < -0.3 is 9.47 Å². The number of pyridine rings is 1. The Balaban J connectivity index is 1.66. The maximum atomic E-state index is 13.6. The molecule has 0 unspecified atom stereocenters. The van der Waals surface area contributed by atoms with Gasteiger partial charge in [0.1, 0.15) is 17.6 Å². The molecule has 2 aromatic carbocycles. The summed E-state index contributed by atoms with van der Waals surface area (Å²) in [5, 5.41) is 0.988. The summed E-state index contributed by atoms with van der Waals surface area (Å²) in [6, 6.07) is 14.0. The molecule has 0 spiro atoms. The molecular weight excluding hydrogens is 468 g/mol. The fraction of sp³-hybridized carbons (Fsp3) is 0.190. The molecule has 28 heavy (non-hydrogen) atoms. The number of halogens is 4. The summed E-state index contributed by atoms with van der Waals surface area (Å²) in [6.07, 6.45) is 0. The van der Waals surface area contributed by atoms with Crippen LogP contribution in [0.2, 0.25) is 10.2 Å². The third-order valence-corrected chi connectivity index (χ3v) is 5.18. The van der Waals surface area contributed by atoms with Gasteiger partial charge in [-0.2, -0.15) is 0 Å². The average Bonchev–Trinajstić information content (AvgIpc) is 2.65. The van der Waals surface area contributed by atoms with E-state index in [2.05, 4.69) is 20.9 Å². The lowest BCUT2D eigenvalue weighted by molar-refractivity contribution is 0.105. The van der Waals surface area contributed by atoms with Crippen LogP contribution in [0.3, 0.4) is 0 Å². The molecule has 0 saturated heterocycles. The van der Waals surface area contributed by atoms with Crippen molar-refractivity contribution in [1.82, 2.24) is 4.98 Å². The predicted octanol–water partition coefficient (Wildman–Crippen LogP) is 6.89. The largest absolute Gasteiger partial charge is 0.473 e. The van der Waals surface area contributed by atoms with Crippen molar-refractivity contribution in [3.63, 3.8) is 0 Å². The molecule has 0 N–H and O–H groups in total. The van der Waals surface area contributed by atoms with E-state index in [9.17, 15) is 4.39 Å². The second kappa shape index (κ2) is 9.70. The summed E-state index contributed by atoms with van der Waals surface area (Å²) in [5.41, 5.74) is 3.59. The Bertz CT molecular complexity index is 985. The van der Waals surface area contributed by atoms with Crippen LogP contribution in [-0.2, 0) is 24.6 Å². The smallest absolute Gasteiger partial charge is 0.214 e. The summed E-state index contributed by atoms with van der Waals surface area (Å²) in [6.45, 7) is 2.86. The molecule has 0 aliphatic rings. The summed E-state index contributed by atoms with van der Waals surface area (Å²) < 4.78 is 25.6. The number of aryl methyl sites for hydroxylation is 1. The standard InChI is InChI=1S/C21H17BrCl2FNO2/c1-13-7-19(25)18(22)9-15(13)10-27-11-16-8-17(23)6-5-14(16)12-28-21-4-2-3-20(24)26-21/h2-9H,10-12H2,1H3. The Hall–Kier alpha value is -1.66. The highest BCUT2D eigenvalue weighted by Gasteiger charge is 2.09. The molecular formula is C21H17BrCl2FNO2. The van der Waals surface area contributed by atoms with Crippen molar-refractivity contribution in [1.29, 1.82) is 0 Å². The molecule has 0 bridgehead atoms. The topological polar surface area (TPSA) is 31.4 Å². The van der Waals surface area contributed by atoms with Gasteiger partial charge in [-0.05, 0) is 75.4 Å². The van der Waals surface area contributed by atoms with Crippen molar-refractivity contribution >= 4 is 39.1 Å². The zero-order chi connectivity index (χ0) is 20.1. The number of benzene rings is 2. The van der Waals surface area contributed by atoms with Crippen molar-refractivity contribution in [2.75, 3.05) is 0 Å². The SMILES string of the molecule is Cc1cc(F)c(Br)cc1COCc1cc(Cl)ccc1COc1cccc(Cl)n1. The van der Waals surface area contributed by atoms with Gasteiger partial charge in [0, 0.05) is 11.1 Å². The van der Waals surface area contributed by atoms with Crippen molar-refractivity contribution in [3.8, 4) is 5.88 Å². The number of nitrogens with zero attached hydrogens (tertiary/aromatic N) is 1. The van der Waals surface area contributed by atoms with Crippen molar-refractivity contribution in [2.45, 2.75) is 26.7 Å². The van der Waals surface area contributed by atoms with Gasteiger partial charge >= 0.3 is 0 Å². The van der Waals surface area contributed by atoms with Gasteiger partial charge in [-0.3, -0.25) is 0 Å². The van der Waals surface area contributed by atoms with Crippen LogP contribution in [0.5, 0.6) is 5.88 Å². The van der Waals surface area contributed by atoms with E-state index in [1.165, 1.54) is 6.07 Å². The third kappa shape index (κ3) is 5.67. The van der Waals surface area contributed by atoms with E-state index in [0.717, 1.165) is 22.3 Å². The van der Waals surface area contributed by atoms with E-state index in [0.29, 0.717) is 40.3 Å². The second-order valence-corrected chi connectivity index (χ2v) is 7.86. The third-order valence-electron chi connectivity index (χ3n) is 4.13. The van der Waals surface area contributed by atoms with E-state index in [1.807, 2.05) is 19.1 Å². The monoisotopic (exact) mass is 483 g/mol. The maximum Gasteiger partial charge on any atom is 0.214 e. The molecule has 0 radical (unpaired) electrons. The molecule has 0 aliphatic heterocycles. The fourth-order valence-electron chi connectivity index (χ4n) is 2.61. The molecule has 0 fully saturated rings. The van der Waals surface area contributed by atoms with Crippen molar-refractivity contribution in [3.05, 3.63) is 91.3 Å². The molecule has 7 heteroatoms. The lowest BCUT2D eigenvalue weighted by atomic mass is 10.1. The summed E-state index contributed by atoms with van der Waals surface area (Å²) in [7, 11) is 0. The van der Waals surface area contributed by atoms with Crippen LogP contribution in [0.1, 0.15) is 22.3 Å². The number of rotatable bonds is 7. The minimum atomic E-state index is -0.287. The Morgan fingerprint density at radius 2 is 1.75 bits per heavy atom. The van der Waals surface area contributed by atoms with Gasteiger partial charge in [0.05, 0.1) is 17.7 Å². The molecule has 1 heterocycles. The minimum absolute atomic E-state index is 0.287. The Kier molecular flexibility index (Phi) is 7.30. The number of hydrogen-bond acceptors (Lipinski definition) is 3. The lowest BCUT2D eigenvalue weighted by Gasteiger charge is -2.13. The van der Waals surface area contributed by atoms with Crippen LogP contribution >= 0.6 is 39.1 Å². The number of hydrogen-bond donors (Lipinski definition) is 0. The zero-order valence-electron chi connectivity index (χ0n) is 15.0. The first-order chi connectivity index (χ1) is 13.4. The predicted molar refractivity (Wildman–Crippen MR) is 112 cm³/mol. The Morgan fingerprint density at radius 3 is 2.54 bits per heavy atom. The average molecular weight is 485 g/mol. The van der Waals surface area contributed by atoms with Gasteiger partial charge in [-0.15, -0.1) is 0 Å². The van der Waals surface area contributed by atoms with Gasteiger partial charge in [0.15, 0.2) is 0 Å². The normalized spacial score (nSPS) is 10.9. The summed E-state index contributed by atoms with van der Waals surface area (Å²) >= 11 is 15.2. The van der Waals surface area contributed by atoms with Gasteiger partial charge in [0.25, 0.3) is 0 Å². The first-order valence-electron chi connectivity index (χ1n) is 8.47. The van der Waals surface area contributed by atoms with Crippen LogP contribution in [0.15, 0.2) is 53.0 Å². The van der Waals surface area contributed by atoms with Crippen LogP contribution in [-0.4, -0.2) is 4.98 Å². The highest BCUT2D eigenvalue weighted by Crippen LogP contribution is 2.23. The molecule has 3 rings (SSSR count). The Morgan fingerprint density at radius 1 is 0.964 bits per heavy atom. The van der Waals surface area contributed by atoms with E-state index in [-0.39, 0.29) is 5.82 Å². The van der Waals surface area contributed by atoms with Gasteiger partial charge in [0.2, 0.25) is 5.88 Å². The highest BCUT2D eigenvalue weighted by molar-refractivity contribution is 9.10. The number of ether oxygens (including phenoxy) is 2. The quantitative estimate of drug-likeness (QED) is 0.342. The highest BCUT2D eigenvalue weighted by atomic mass is 79.9. The van der Waals surface area contributed by atoms with Crippen LogP contribution in [0.25, 0.3) is 0 Å². The second-order valence-electron chi connectivity index (χ2n) is 6.19. The molecule has 1 aromatic heterocycles.